The molecule has 0 saturated carbocycles. The minimum absolute atomic E-state index is 0.268. The second-order valence-corrected chi connectivity index (χ2v) is 3.53. The van der Waals surface area contributed by atoms with Gasteiger partial charge in [-0.25, -0.2) is 0 Å². The molecule has 0 aliphatic carbocycles. The summed E-state index contributed by atoms with van der Waals surface area (Å²) < 4.78 is 10.5. The van der Waals surface area contributed by atoms with Gasteiger partial charge in [-0.3, -0.25) is 0 Å². The minimum atomic E-state index is -0.520. The normalized spacial score (nSPS) is 14.9. The Labute approximate surface area is 90.6 Å². The largest absolute Gasteiger partial charge is 0.391 e. The third-order valence-corrected chi connectivity index (χ3v) is 2.18. The fourth-order valence-corrected chi connectivity index (χ4v) is 1.27. The Hall–Kier alpha value is -0.900. The van der Waals surface area contributed by atoms with Crippen molar-refractivity contribution in [3.05, 3.63) is 35.9 Å². The molecule has 3 heteroatoms. The Morgan fingerprint density at radius 1 is 1.27 bits per heavy atom. The molecular formula is C12H18O3. The maximum atomic E-state index is 9.42. The van der Waals surface area contributed by atoms with Crippen LogP contribution in [-0.4, -0.2) is 31.0 Å². The summed E-state index contributed by atoms with van der Waals surface area (Å²) in [6.45, 7) is 2.61. The molecule has 1 N–H and O–H groups in total. The summed E-state index contributed by atoms with van der Waals surface area (Å²) in [5, 5.41) is 9.42. The minimum Gasteiger partial charge on any atom is -0.391 e. The summed E-state index contributed by atoms with van der Waals surface area (Å²) in [5.41, 5.74) is 1.10. The van der Waals surface area contributed by atoms with Crippen LogP contribution < -0.4 is 0 Å². The zero-order valence-corrected chi connectivity index (χ0v) is 9.22. The summed E-state index contributed by atoms with van der Waals surface area (Å²) in [7, 11) is 1.60. The number of aliphatic hydroxyl groups is 1. The van der Waals surface area contributed by atoms with Crippen LogP contribution in [0.1, 0.15) is 12.5 Å². The van der Waals surface area contributed by atoms with Gasteiger partial charge in [0.15, 0.2) is 0 Å². The first kappa shape index (κ1) is 12.2. The van der Waals surface area contributed by atoms with E-state index in [-0.39, 0.29) is 6.10 Å². The number of hydrogen-bond acceptors (Lipinski definition) is 3. The van der Waals surface area contributed by atoms with E-state index in [1.165, 1.54) is 0 Å². The highest BCUT2D eigenvalue weighted by Crippen LogP contribution is 2.06. The van der Waals surface area contributed by atoms with E-state index in [2.05, 4.69) is 0 Å². The van der Waals surface area contributed by atoms with Gasteiger partial charge in [-0.05, 0) is 12.5 Å². The molecule has 0 aliphatic heterocycles. The van der Waals surface area contributed by atoms with Crippen LogP contribution in [0.15, 0.2) is 30.3 Å². The molecule has 0 unspecified atom stereocenters. The first-order valence-corrected chi connectivity index (χ1v) is 5.06. The number of ether oxygens (including phenoxy) is 2. The number of hydrogen-bond donors (Lipinski definition) is 1. The van der Waals surface area contributed by atoms with Crippen molar-refractivity contribution in [3.63, 3.8) is 0 Å². The Bertz CT molecular complexity index is 259. The van der Waals surface area contributed by atoms with Gasteiger partial charge in [0.05, 0.1) is 19.3 Å². The van der Waals surface area contributed by atoms with Crippen LogP contribution in [0.2, 0.25) is 0 Å². The molecule has 2 atom stereocenters. The lowest BCUT2D eigenvalue weighted by Gasteiger charge is -2.19. The molecule has 0 fully saturated rings. The van der Waals surface area contributed by atoms with Gasteiger partial charge in [0.2, 0.25) is 0 Å². The van der Waals surface area contributed by atoms with Crippen molar-refractivity contribution in [1.82, 2.24) is 0 Å². The maximum Gasteiger partial charge on any atom is 0.107 e. The molecule has 0 aliphatic rings. The van der Waals surface area contributed by atoms with Crippen LogP contribution in [0.5, 0.6) is 0 Å². The number of benzene rings is 1. The van der Waals surface area contributed by atoms with Crippen LogP contribution in [0, 0.1) is 0 Å². The molecule has 1 aromatic rings. The van der Waals surface area contributed by atoms with Gasteiger partial charge >= 0.3 is 0 Å². The molecule has 84 valence electrons. The van der Waals surface area contributed by atoms with Crippen molar-refractivity contribution in [2.45, 2.75) is 25.7 Å². The van der Waals surface area contributed by atoms with E-state index in [1.54, 1.807) is 14.0 Å². The number of methoxy groups -OCH3 is 1. The van der Waals surface area contributed by atoms with Crippen molar-refractivity contribution in [2.24, 2.45) is 0 Å². The van der Waals surface area contributed by atoms with E-state index >= 15 is 0 Å². The first-order valence-electron chi connectivity index (χ1n) is 5.06. The number of rotatable bonds is 6. The highest BCUT2D eigenvalue weighted by molar-refractivity contribution is 5.13. The van der Waals surface area contributed by atoms with Crippen molar-refractivity contribution >= 4 is 0 Å². The molecule has 0 amide bonds. The third-order valence-electron chi connectivity index (χ3n) is 2.18. The molecule has 0 saturated heterocycles. The Balaban J connectivity index is 2.40. The topological polar surface area (TPSA) is 38.7 Å². The predicted octanol–water partition coefficient (Wildman–Crippen LogP) is 1.60. The highest BCUT2D eigenvalue weighted by atomic mass is 16.5. The summed E-state index contributed by atoms with van der Waals surface area (Å²) in [6, 6.07) is 9.88. The smallest absolute Gasteiger partial charge is 0.107 e. The van der Waals surface area contributed by atoms with Gasteiger partial charge in [0.25, 0.3) is 0 Å². The van der Waals surface area contributed by atoms with E-state index in [9.17, 15) is 5.11 Å². The molecule has 3 nitrogen and oxygen atoms in total. The molecule has 0 radical (unpaired) electrons. The van der Waals surface area contributed by atoms with Crippen molar-refractivity contribution in [1.29, 1.82) is 0 Å². The van der Waals surface area contributed by atoms with E-state index in [0.29, 0.717) is 13.2 Å². The van der Waals surface area contributed by atoms with Gasteiger partial charge in [-0.2, -0.15) is 0 Å². The predicted molar refractivity (Wildman–Crippen MR) is 58.6 cm³/mol. The van der Waals surface area contributed by atoms with Crippen LogP contribution in [-0.2, 0) is 16.1 Å². The van der Waals surface area contributed by atoms with Crippen molar-refractivity contribution in [2.75, 3.05) is 13.7 Å². The van der Waals surface area contributed by atoms with E-state index in [1.807, 2.05) is 30.3 Å². The zero-order valence-electron chi connectivity index (χ0n) is 9.22. The van der Waals surface area contributed by atoms with Gasteiger partial charge in [0.1, 0.15) is 6.10 Å². The standard InChI is InChI=1S/C12H18O3/c1-10(13)12(9-14-2)15-8-11-6-4-3-5-7-11/h3-7,10,12-13H,8-9H2,1-2H3/t10-,12-/m1/s1. The molecule has 1 rings (SSSR count). The summed E-state index contributed by atoms with van der Waals surface area (Å²) >= 11 is 0. The first-order chi connectivity index (χ1) is 7.24. The van der Waals surface area contributed by atoms with Crippen molar-refractivity contribution in [3.8, 4) is 0 Å². The monoisotopic (exact) mass is 210 g/mol. The second kappa shape index (κ2) is 6.56. The quantitative estimate of drug-likeness (QED) is 0.775. The number of aliphatic hydroxyl groups excluding tert-OH is 1. The molecule has 15 heavy (non-hydrogen) atoms. The van der Waals surface area contributed by atoms with Gasteiger partial charge < -0.3 is 14.6 Å². The summed E-state index contributed by atoms with van der Waals surface area (Å²) in [6.07, 6.45) is -0.788. The second-order valence-electron chi connectivity index (χ2n) is 3.53. The Kier molecular flexibility index (Phi) is 5.32. The van der Waals surface area contributed by atoms with Crippen LogP contribution in [0.4, 0.5) is 0 Å². The lowest BCUT2D eigenvalue weighted by atomic mass is 10.2. The average Bonchev–Trinajstić information content (AvgIpc) is 2.25. The van der Waals surface area contributed by atoms with Crippen LogP contribution in [0.25, 0.3) is 0 Å². The van der Waals surface area contributed by atoms with E-state index < -0.39 is 6.10 Å². The maximum absolute atomic E-state index is 9.42. The average molecular weight is 210 g/mol. The fraction of sp³-hybridized carbons (Fsp3) is 0.500. The van der Waals surface area contributed by atoms with Crippen molar-refractivity contribution < 1.29 is 14.6 Å². The van der Waals surface area contributed by atoms with Gasteiger partial charge in [-0.15, -0.1) is 0 Å². The highest BCUT2D eigenvalue weighted by Gasteiger charge is 2.14. The fourth-order valence-electron chi connectivity index (χ4n) is 1.27. The lowest BCUT2D eigenvalue weighted by Crippen LogP contribution is -2.30. The Morgan fingerprint density at radius 3 is 2.47 bits per heavy atom. The molecule has 0 bridgehead atoms. The molecular weight excluding hydrogens is 192 g/mol. The van der Waals surface area contributed by atoms with Gasteiger partial charge in [0, 0.05) is 7.11 Å². The van der Waals surface area contributed by atoms with E-state index in [4.69, 9.17) is 9.47 Å². The summed E-state index contributed by atoms with van der Waals surface area (Å²) in [4.78, 5) is 0. The molecule has 0 heterocycles. The zero-order chi connectivity index (χ0) is 11.1. The molecule has 0 spiro atoms. The van der Waals surface area contributed by atoms with Crippen LogP contribution >= 0.6 is 0 Å². The van der Waals surface area contributed by atoms with E-state index in [0.717, 1.165) is 5.56 Å². The molecule has 1 aromatic carbocycles. The Morgan fingerprint density at radius 2 is 1.93 bits per heavy atom. The SMILES string of the molecule is COC[C@@H](OCc1ccccc1)[C@@H](C)O. The lowest BCUT2D eigenvalue weighted by molar-refractivity contribution is -0.0722. The third kappa shape index (κ3) is 4.42. The van der Waals surface area contributed by atoms with Gasteiger partial charge in [-0.1, -0.05) is 30.3 Å². The van der Waals surface area contributed by atoms with Crippen LogP contribution in [0.3, 0.4) is 0 Å². The molecule has 0 aromatic heterocycles. The summed E-state index contributed by atoms with van der Waals surface area (Å²) in [5.74, 6) is 0.